The maximum atomic E-state index is 14.1. The summed E-state index contributed by atoms with van der Waals surface area (Å²) in [7, 11) is -0.411. The number of nitrogens with one attached hydrogen (secondary N) is 1. The summed E-state index contributed by atoms with van der Waals surface area (Å²) in [4.78, 5) is 1.29. The Labute approximate surface area is 137 Å². The van der Waals surface area contributed by atoms with Gasteiger partial charge < -0.3 is 10.6 Å². The van der Waals surface area contributed by atoms with Crippen molar-refractivity contribution in [2.24, 2.45) is 0 Å². The Bertz CT molecular complexity index is 650. The first-order valence-corrected chi connectivity index (χ1v) is 8.65. The zero-order chi connectivity index (χ0) is 16.6. The van der Waals surface area contributed by atoms with Crippen LogP contribution in [0.25, 0.3) is 0 Å². The van der Waals surface area contributed by atoms with Crippen molar-refractivity contribution < 1.29 is 12.8 Å². The number of benzene rings is 1. The lowest BCUT2D eigenvalue weighted by Crippen LogP contribution is -2.48. The van der Waals surface area contributed by atoms with Crippen molar-refractivity contribution >= 4 is 43.2 Å². The van der Waals surface area contributed by atoms with Crippen LogP contribution in [0.5, 0.6) is 0 Å². The molecule has 9 heteroatoms. The van der Waals surface area contributed by atoms with Gasteiger partial charge in [0.2, 0.25) is 10.0 Å². The lowest BCUT2D eigenvalue weighted by molar-refractivity contribution is 0.199. The minimum Gasteiger partial charge on any atom is -0.395 e. The molecule has 0 saturated heterocycles. The van der Waals surface area contributed by atoms with Crippen LogP contribution in [-0.2, 0) is 10.0 Å². The quantitative estimate of drug-likeness (QED) is 0.586. The van der Waals surface area contributed by atoms with E-state index < -0.39 is 26.3 Å². The van der Waals surface area contributed by atoms with Gasteiger partial charge in [-0.2, -0.15) is 0 Å². The Balaban J connectivity index is 3.16. The second-order valence-corrected chi connectivity index (χ2v) is 8.37. The Morgan fingerprint density at radius 2 is 2.00 bits per heavy atom. The molecule has 120 valence electrons. The summed E-state index contributed by atoms with van der Waals surface area (Å²) in [5, 5.41) is 0.0288. The van der Waals surface area contributed by atoms with Crippen LogP contribution in [-0.4, -0.2) is 39.5 Å². The van der Waals surface area contributed by atoms with E-state index in [1.807, 2.05) is 32.8 Å². The molecule has 0 aromatic heterocycles. The van der Waals surface area contributed by atoms with Crippen LogP contribution in [0.3, 0.4) is 0 Å². The molecule has 0 unspecified atom stereocenters. The minimum atomic E-state index is -4.06. The third-order valence-electron chi connectivity index (χ3n) is 3.35. The van der Waals surface area contributed by atoms with Gasteiger partial charge >= 0.3 is 0 Å². The molecule has 0 fully saturated rings. The Hall–Kier alpha value is -0.410. The predicted molar refractivity (Wildman–Crippen MR) is 86.5 cm³/mol. The lowest BCUT2D eigenvalue weighted by Gasteiger charge is -2.32. The number of hydrogen-bond donors (Lipinski definition) is 2. The third kappa shape index (κ3) is 4.07. The fourth-order valence-corrected chi connectivity index (χ4v) is 3.18. The fourth-order valence-electron chi connectivity index (χ4n) is 1.30. The van der Waals surface area contributed by atoms with E-state index in [1.54, 1.807) is 0 Å². The molecule has 0 saturated carbocycles. The molecule has 0 heterocycles. The van der Waals surface area contributed by atoms with E-state index in [0.29, 0.717) is 0 Å². The summed E-state index contributed by atoms with van der Waals surface area (Å²) in [6, 6.07) is 1.03. The van der Waals surface area contributed by atoms with Gasteiger partial charge in [0, 0.05) is 12.1 Å². The van der Waals surface area contributed by atoms with E-state index in [4.69, 9.17) is 17.3 Å². The first-order chi connectivity index (χ1) is 9.40. The fraction of sp³-hybridized carbons (Fsp3) is 0.500. The highest BCUT2D eigenvalue weighted by atomic mass is 79.9. The van der Waals surface area contributed by atoms with Gasteiger partial charge in [-0.05, 0) is 49.9 Å². The van der Waals surface area contributed by atoms with E-state index in [9.17, 15) is 12.8 Å². The average molecular weight is 403 g/mol. The maximum absolute atomic E-state index is 14.1. The van der Waals surface area contributed by atoms with E-state index >= 15 is 0 Å². The Morgan fingerprint density at radius 1 is 1.48 bits per heavy atom. The summed E-state index contributed by atoms with van der Waals surface area (Å²) in [6.45, 7) is 3.82. The van der Waals surface area contributed by atoms with E-state index in [-0.39, 0.29) is 21.7 Å². The van der Waals surface area contributed by atoms with Gasteiger partial charge in [0.15, 0.2) is 5.82 Å². The zero-order valence-corrected chi connectivity index (χ0v) is 15.3. The van der Waals surface area contributed by atoms with Crippen molar-refractivity contribution in [1.82, 2.24) is 9.62 Å². The van der Waals surface area contributed by atoms with Gasteiger partial charge in [-0.3, -0.25) is 0 Å². The largest absolute Gasteiger partial charge is 0.395 e. The van der Waals surface area contributed by atoms with Crippen molar-refractivity contribution in [2.75, 3.05) is 26.4 Å². The molecular formula is C12H18BrClFN3O2S. The van der Waals surface area contributed by atoms with Crippen molar-refractivity contribution in [3.63, 3.8) is 0 Å². The number of anilines is 1. The van der Waals surface area contributed by atoms with Gasteiger partial charge in [-0.25, -0.2) is 17.5 Å². The standard InChI is InChI=1S/C12H18BrClFN3O2S/c1-12(2,18(3)4)6-17-21(19,20)8-5-7(14)9(13)11(16)10(8)15/h5,17H,6,16H2,1-4H3. The number of hydrogen-bond acceptors (Lipinski definition) is 4. The first-order valence-electron chi connectivity index (χ1n) is 6.00. The van der Waals surface area contributed by atoms with Crippen LogP contribution in [0.4, 0.5) is 10.1 Å². The third-order valence-corrected chi connectivity index (χ3v) is 6.13. The molecule has 1 aromatic carbocycles. The molecule has 0 aliphatic rings. The van der Waals surface area contributed by atoms with Crippen LogP contribution in [0.1, 0.15) is 13.8 Å². The molecule has 0 amide bonds. The molecule has 5 nitrogen and oxygen atoms in total. The smallest absolute Gasteiger partial charge is 0.243 e. The summed E-state index contributed by atoms with van der Waals surface area (Å²) >= 11 is 8.85. The van der Waals surface area contributed by atoms with Crippen LogP contribution >= 0.6 is 27.5 Å². The minimum absolute atomic E-state index is 0.0288. The molecule has 0 aliphatic carbocycles. The molecule has 1 rings (SSSR count). The molecule has 21 heavy (non-hydrogen) atoms. The number of nitrogens with zero attached hydrogens (tertiary/aromatic N) is 1. The van der Waals surface area contributed by atoms with Crippen molar-refractivity contribution in [1.29, 1.82) is 0 Å². The second-order valence-electron chi connectivity index (χ2n) is 5.43. The summed E-state index contributed by atoms with van der Waals surface area (Å²) in [5.41, 5.74) is 4.73. The number of sulfonamides is 1. The van der Waals surface area contributed by atoms with Gasteiger partial charge in [-0.1, -0.05) is 11.6 Å². The summed E-state index contributed by atoms with van der Waals surface area (Å²) in [6.07, 6.45) is 0. The van der Waals surface area contributed by atoms with Gasteiger partial charge in [-0.15, -0.1) is 0 Å². The highest BCUT2D eigenvalue weighted by molar-refractivity contribution is 9.10. The molecule has 0 spiro atoms. The zero-order valence-electron chi connectivity index (χ0n) is 12.2. The highest BCUT2D eigenvalue weighted by Gasteiger charge is 2.28. The summed E-state index contributed by atoms with van der Waals surface area (Å²) < 4.78 is 41.1. The SMILES string of the molecule is CN(C)C(C)(C)CNS(=O)(=O)c1cc(Cl)c(Br)c(N)c1F. The maximum Gasteiger partial charge on any atom is 0.243 e. The van der Waals surface area contributed by atoms with Crippen LogP contribution in [0, 0.1) is 5.82 Å². The lowest BCUT2D eigenvalue weighted by atomic mass is 10.1. The highest BCUT2D eigenvalue weighted by Crippen LogP contribution is 2.34. The van der Waals surface area contributed by atoms with E-state index in [0.717, 1.165) is 6.07 Å². The number of nitrogen functional groups attached to an aromatic ring is 1. The van der Waals surface area contributed by atoms with E-state index in [2.05, 4.69) is 20.7 Å². The number of nitrogens with two attached hydrogens (primary N) is 1. The number of rotatable bonds is 5. The van der Waals surface area contributed by atoms with Crippen LogP contribution < -0.4 is 10.5 Å². The molecule has 0 radical (unpaired) electrons. The van der Waals surface area contributed by atoms with Crippen LogP contribution in [0.2, 0.25) is 5.02 Å². The predicted octanol–water partition coefficient (Wildman–Crippen LogP) is 2.44. The molecule has 1 aromatic rings. The first kappa shape index (κ1) is 18.6. The normalized spacial score (nSPS) is 13.0. The van der Waals surface area contributed by atoms with E-state index in [1.165, 1.54) is 0 Å². The average Bonchev–Trinajstić information content (AvgIpc) is 2.38. The molecular weight excluding hydrogens is 385 g/mol. The Morgan fingerprint density at radius 3 is 2.48 bits per heavy atom. The van der Waals surface area contributed by atoms with Crippen LogP contribution in [0.15, 0.2) is 15.4 Å². The van der Waals surface area contributed by atoms with Crippen molar-refractivity contribution in [3.05, 3.63) is 21.4 Å². The van der Waals surface area contributed by atoms with Gasteiger partial charge in [0.05, 0.1) is 15.2 Å². The summed E-state index contributed by atoms with van der Waals surface area (Å²) in [5.74, 6) is -1.03. The topological polar surface area (TPSA) is 75.4 Å². The van der Waals surface area contributed by atoms with Crippen molar-refractivity contribution in [2.45, 2.75) is 24.3 Å². The molecule has 3 N–H and O–H groups in total. The monoisotopic (exact) mass is 401 g/mol. The second kappa shape index (κ2) is 6.37. The van der Waals surface area contributed by atoms with Gasteiger partial charge in [0.1, 0.15) is 4.90 Å². The molecule has 0 atom stereocenters. The van der Waals surface area contributed by atoms with Gasteiger partial charge in [0.25, 0.3) is 0 Å². The van der Waals surface area contributed by atoms with Crippen molar-refractivity contribution in [3.8, 4) is 0 Å². The number of likely N-dealkylation sites (N-methyl/N-ethyl adjacent to an activating group) is 1. The molecule has 0 bridgehead atoms. The molecule has 0 aliphatic heterocycles. The Kier molecular flexibility index (Phi) is 5.66. The number of halogens is 3.